The Morgan fingerprint density at radius 1 is 1.25 bits per heavy atom. The number of benzene rings is 2. The van der Waals surface area contributed by atoms with Gasteiger partial charge in [0.25, 0.3) is 0 Å². The quantitative estimate of drug-likeness (QED) is 0.203. The number of halogens is 2. The van der Waals surface area contributed by atoms with Crippen LogP contribution in [-0.4, -0.2) is 16.1 Å². The second-order valence-corrected chi connectivity index (χ2v) is 7.14. The van der Waals surface area contributed by atoms with Gasteiger partial charge in [-0.05, 0) is 58.5 Å². The summed E-state index contributed by atoms with van der Waals surface area (Å²) in [7, 11) is 0. The van der Waals surface area contributed by atoms with Crippen LogP contribution in [0.1, 0.15) is 11.1 Å². The van der Waals surface area contributed by atoms with E-state index >= 15 is 0 Å². The second kappa shape index (κ2) is 9.47. The molecule has 0 aliphatic carbocycles. The van der Waals surface area contributed by atoms with E-state index in [-0.39, 0.29) is 11.5 Å². The van der Waals surface area contributed by atoms with Gasteiger partial charge in [-0.25, -0.2) is 4.98 Å². The molecule has 2 aromatic carbocycles. The molecule has 1 heterocycles. The largest absolute Gasteiger partial charge is 0.488 e. The molecule has 0 saturated heterocycles. The molecule has 0 bridgehead atoms. The van der Waals surface area contributed by atoms with E-state index in [4.69, 9.17) is 16.3 Å². The number of aromatic nitrogens is 1. The topological polar surface area (TPSA) is 89.7 Å². The molecule has 0 aliphatic rings. The van der Waals surface area contributed by atoms with Gasteiger partial charge in [0.15, 0.2) is 0 Å². The standard InChI is InChI=1S/C19H14ClIN4O3/c20-15-5-2-1-4-14(15)12-28-18-8-7-13(10-16(18)21)11-23-24-19-17(25(26)27)6-3-9-22-19/h1-11H,12H2,(H,22,24)/b23-11-. The minimum absolute atomic E-state index is 0.0816. The van der Waals surface area contributed by atoms with Crippen LogP contribution < -0.4 is 10.2 Å². The zero-order valence-electron chi connectivity index (χ0n) is 14.4. The summed E-state index contributed by atoms with van der Waals surface area (Å²) in [5.74, 6) is 0.809. The molecule has 1 N–H and O–H groups in total. The molecule has 3 aromatic rings. The van der Waals surface area contributed by atoms with Crippen LogP contribution in [0, 0.1) is 13.7 Å². The molecule has 0 radical (unpaired) electrons. The normalized spacial score (nSPS) is 10.8. The molecule has 7 nitrogen and oxygen atoms in total. The van der Waals surface area contributed by atoms with Gasteiger partial charge in [-0.15, -0.1) is 0 Å². The van der Waals surface area contributed by atoms with Crippen LogP contribution in [0.15, 0.2) is 65.9 Å². The van der Waals surface area contributed by atoms with Crippen molar-refractivity contribution in [2.75, 3.05) is 5.43 Å². The van der Waals surface area contributed by atoms with Gasteiger partial charge in [0.1, 0.15) is 12.4 Å². The lowest BCUT2D eigenvalue weighted by molar-refractivity contribution is -0.384. The molecular formula is C19H14ClIN4O3. The maximum absolute atomic E-state index is 11.0. The van der Waals surface area contributed by atoms with Crippen molar-refractivity contribution in [1.29, 1.82) is 0 Å². The molecule has 0 aliphatic heterocycles. The Balaban J connectivity index is 1.65. The number of rotatable bonds is 7. The Hall–Kier alpha value is -2.72. The minimum atomic E-state index is -0.515. The fourth-order valence-electron chi connectivity index (χ4n) is 2.28. The Morgan fingerprint density at radius 3 is 2.82 bits per heavy atom. The summed E-state index contributed by atoms with van der Waals surface area (Å²) in [6, 6.07) is 15.9. The fraction of sp³-hybridized carbons (Fsp3) is 0.0526. The average molecular weight is 509 g/mol. The molecule has 142 valence electrons. The second-order valence-electron chi connectivity index (χ2n) is 5.57. The van der Waals surface area contributed by atoms with Crippen molar-refractivity contribution in [2.45, 2.75) is 6.61 Å². The molecule has 28 heavy (non-hydrogen) atoms. The van der Waals surface area contributed by atoms with Gasteiger partial charge in [-0.1, -0.05) is 29.8 Å². The van der Waals surface area contributed by atoms with Gasteiger partial charge in [-0.3, -0.25) is 15.5 Å². The van der Waals surface area contributed by atoms with E-state index in [1.807, 2.05) is 42.5 Å². The highest BCUT2D eigenvalue weighted by Crippen LogP contribution is 2.24. The SMILES string of the molecule is O=[N+]([O-])c1cccnc1N/N=C\c1ccc(OCc2ccccc2Cl)c(I)c1. The molecule has 1 aromatic heterocycles. The Labute approximate surface area is 179 Å². The van der Waals surface area contributed by atoms with Crippen LogP contribution in [0.4, 0.5) is 11.5 Å². The number of anilines is 1. The summed E-state index contributed by atoms with van der Waals surface area (Å²) >= 11 is 8.31. The molecule has 9 heteroatoms. The molecule has 0 fully saturated rings. The highest BCUT2D eigenvalue weighted by molar-refractivity contribution is 14.1. The van der Waals surface area contributed by atoms with Crippen molar-refractivity contribution >= 4 is 51.9 Å². The predicted octanol–water partition coefficient (Wildman–Crippen LogP) is 5.27. The smallest absolute Gasteiger partial charge is 0.313 e. The number of nitrogens with zero attached hydrogens (tertiary/aromatic N) is 3. The van der Waals surface area contributed by atoms with E-state index in [0.717, 1.165) is 20.4 Å². The lowest BCUT2D eigenvalue weighted by atomic mass is 10.2. The van der Waals surface area contributed by atoms with Gasteiger partial charge in [0, 0.05) is 22.8 Å². The monoisotopic (exact) mass is 508 g/mol. The van der Waals surface area contributed by atoms with Crippen molar-refractivity contribution in [3.8, 4) is 5.75 Å². The first-order valence-corrected chi connectivity index (χ1v) is 9.54. The highest BCUT2D eigenvalue weighted by Gasteiger charge is 2.12. The molecule has 0 saturated carbocycles. The third kappa shape index (κ3) is 5.17. The highest BCUT2D eigenvalue weighted by atomic mass is 127. The number of nitro groups is 1. The lowest BCUT2D eigenvalue weighted by Gasteiger charge is -2.10. The summed E-state index contributed by atoms with van der Waals surface area (Å²) in [6.07, 6.45) is 3.01. The summed E-state index contributed by atoms with van der Waals surface area (Å²) < 4.78 is 6.74. The number of hydrazone groups is 1. The number of ether oxygens (including phenoxy) is 1. The molecule has 3 rings (SSSR count). The van der Waals surface area contributed by atoms with Gasteiger partial charge in [0.2, 0.25) is 5.82 Å². The molecular weight excluding hydrogens is 495 g/mol. The van der Waals surface area contributed by atoms with Crippen LogP contribution in [0.3, 0.4) is 0 Å². The first-order valence-electron chi connectivity index (χ1n) is 8.09. The van der Waals surface area contributed by atoms with Crippen molar-refractivity contribution in [3.05, 3.63) is 90.6 Å². The van der Waals surface area contributed by atoms with Gasteiger partial charge in [0.05, 0.1) is 14.7 Å². The van der Waals surface area contributed by atoms with Crippen LogP contribution in [0.25, 0.3) is 0 Å². The first kappa shape index (κ1) is 20.0. The summed E-state index contributed by atoms with van der Waals surface area (Å²) in [6.45, 7) is 0.369. The van der Waals surface area contributed by atoms with E-state index in [1.165, 1.54) is 18.3 Å². The Kier molecular flexibility index (Phi) is 6.77. The van der Waals surface area contributed by atoms with E-state index in [0.29, 0.717) is 11.6 Å². The van der Waals surface area contributed by atoms with Crippen molar-refractivity contribution < 1.29 is 9.66 Å². The minimum Gasteiger partial charge on any atom is -0.488 e. The van der Waals surface area contributed by atoms with Crippen molar-refractivity contribution in [1.82, 2.24) is 4.98 Å². The molecule has 0 atom stereocenters. The zero-order valence-corrected chi connectivity index (χ0v) is 17.3. The van der Waals surface area contributed by atoms with E-state index in [2.05, 4.69) is 38.1 Å². The molecule has 0 amide bonds. The van der Waals surface area contributed by atoms with Gasteiger partial charge < -0.3 is 4.74 Å². The first-order chi connectivity index (χ1) is 13.5. The van der Waals surface area contributed by atoms with Crippen LogP contribution in [0.2, 0.25) is 5.02 Å². The van der Waals surface area contributed by atoms with Crippen molar-refractivity contribution in [2.24, 2.45) is 5.10 Å². The average Bonchev–Trinajstić information content (AvgIpc) is 2.69. The van der Waals surface area contributed by atoms with E-state index in [9.17, 15) is 10.1 Å². The maximum Gasteiger partial charge on any atom is 0.313 e. The molecule has 0 unspecified atom stereocenters. The summed E-state index contributed by atoms with van der Waals surface area (Å²) in [5.41, 5.74) is 4.17. The predicted molar refractivity (Wildman–Crippen MR) is 117 cm³/mol. The maximum atomic E-state index is 11.0. The summed E-state index contributed by atoms with van der Waals surface area (Å²) in [5, 5.41) is 15.7. The third-order valence-corrected chi connectivity index (χ3v) is 4.88. The zero-order chi connectivity index (χ0) is 19.9. The van der Waals surface area contributed by atoms with E-state index in [1.54, 1.807) is 6.21 Å². The Morgan fingerprint density at radius 2 is 2.07 bits per heavy atom. The fourth-order valence-corrected chi connectivity index (χ4v) is 3.17. The van der Waals surface area contributed by atoms with E-state index < -0.39 is 4.92 Å². The van der Waals surface area contributed by atoms with Gasteiger partial charge >= 0.3 is 5.69 Å². The lowest BCUT2D eigenvalue weighted by Crippen LogP contribution is -2.00. The number of hydrogen-bond donors (Lipinski definition) is 1. The van der Waals surface area contributed by atoms with Gasteiger partial charge in [-0.2, -0.15) is 5.10 Å². The van der Waals surface area contributed by atoms with Crippen molar-refractivity contribution in [3.63, 3.8) is 0 Å². The van der Waals surface area contributed by atoms with Crippen LogP contribution in [-0.2, 0) is 6.61 Å². The Bertz CT molecular complexity index is 1030. The van der Waals surface area contributed by atoms with Crippen LogP contribution >= 0.6 is 34.2 Å². The van der Waals surface area contributed by atoms with Crippen LogP contribution in [0.5, 0.6) is 5.75 Å². The number of pyridine rings is 1. The number of nitrogens with one attached hydrogen (secondary N) is 1. The summed E-state index contributed by atoms with van der Waals surface area (Å²) in [4.78, 5) is 14.4. The molecule has 0 spiro atoms. The number of hydrogen-bond acceptors (Lipinski definition) is 6. The third-order valence-electron chi connectivity index (χ3n) is 3.66.